The van der Waals surface area contributed by atoms with Crippen LogP contribution in [-0.4, -0.2) is 35.6 Å². The van der Waals surface area contributed by atoms with E-state index in [-0.39, 0.29) is 0 Å². The van der Waals surface area contributed by atoms with Crippen LogP contribution >= 0.6 is 0 Å². The van der Waals surface area contributed by atoms with Crippen molar-refractivity contribution in [1.29, 1.82) is 0 Å². The lowest BCUT2D eigenvalue weighted by molar-refractivity contribution is 0.0697. The quantitative estimate of drug-likeness (QED) is 0.896. The molecular formula is C21H23NO2. The topological polar surface area (TPSA) is 40.5 Å². The Hall–Kier alpha value is -2.39. The van der Waals surface area contributed by atoms with Crippen LogP contribution in [0.3, 0.4) is 0 Å². The Balaban J connectivity index is 1.97. The Labute approximate surface area is 143 Å². The van der Waals surface area contributed by atoms with E-state index < -0.39 is 5.97 Å². The van der Waals surface area contributed by atoms with Crippen molar-refractivity contribution in [2.24, 2.45) is 0 Å². The van der Waals surface area contributed by atoms with Gasteiger partial charge in [0, 0.05) is 6.54 Å². The van der Waals surface area contributed by atoms with Gasteiger partial charge in [0.1, 0.15) is 0 Å². The first kappa shape index (κ1) is 16.5. The molecule has 124 valence electrons. The summed E-state index contributed by atoms with van der Waals surface area (Å²) in [6.07, 6.45) is 4.77. The molecule has 0 radical (unpaired) electrons. The molecule has 1 aliphatic heterocycles. The molecule has 0 aromatic heterocycles. The first-order valence-electron chi connectivity index (χ1n) is 8.47. The maximum atomic E-state index is 11.3. The molecule has 1 N–H and O–H groups in total. The van der Waals surface area contributed by atoms with Gasteiger partial charge in [0.2, 0.25) is 0 Å². The maximum Gasteiger partial charge on any atom is 0.335 e. The van der Waals surface area contributed by atoms with Crippen LogP contribution in [0.2, 0.25) is 0 Å². The van der Waals surface area contributed by atoms with Crippen molar-refractivity contribution >= 4 is 11.5 Å². The van der Waals surface area contributed by atoms with E-state index in [4.69, 9.17) is 0 Å². The van der Waals surface area contributed by atoms with Crippen molar-refractivity contribution < 1.29 is 9.90 Å². The minimum atomic E-state index is -0.889. The average Bonchev–Trinajstić information content (AvgIpc) is 3.10. The van der Waals surface area contributed by atoms with Gasteiger partial charge in [-0.2, -0.15) is 0 Å². The maximum absolute atomic E-state index is 11.3. The molecule has 1 saturated heterocycles. The predicted molar refractivity (Wildman–Crippen MR) is 97.3 cm³/mol. The van der Waals surface area contributed by atoms with Crippen molar-refractivity contribution in [2.45, 2.75) is 19.8 Å². The summed E-state index contributed by atoms with van der Waals surface area (Å²) in [5, 5.41) is 9.27. The van der Waals surface area contributed by atoms with Crippen LogP contribution in [0, 0.1) is 6.92 Å². The molecule has 3 rings (SSSR count). The number of hydrogen-bond donors (Lipinski definition) is 1. The summed E-state index contributed by atoms with van der Waals surface area (Å²) in [7, 11) is 0. The van der Waals surface area contributed by atoms with E-state index in [1.807, 2.05) is 12.1 Å². The SMILES string of the molecule is Cc1ccc(/C(=C/CN2CCCC2)c2cccc(C(=O)O)c2)cc1. The van der Waals surface area contributed by atoms with Gasteiger partial charge < -0.3 is 5.11 Å². The third-order valence-electron chi connectivity index (χ3n) is 4.54. The number of benzene rings is 2. The monoisotopic (exact) mass is 321 g/mol. The number of carbonyl (C=O) groups is 1. The van der Waals surface area contributed by atoms with Crippen molar-refractivity contribution in [1.82, 2.24) is 4.90 Å². The number of rotatable bonds is 5. The zero-order chi connectivity index (χ0) is 16.9. The molecule has 1 fully saturated rings. The molecule has 1 heterocycles. The fourth-order valence-corrected chi connectivity index (χ4v) is 3.14. The zero-order valence-corrected chi connectivity index (χ0v) is 14.0. The van der Waals surface area contributed by atoms with Gasteiger partial charge in [-0.05, 0) is 61.7 Å². The van der Waals surface area contributed by atoms with Crippen LogP contribution in [0.4, 0.5) is 0 Å². The first-order chi connectivity index (χ1) is 11.6. The van der Waals surface area contributed by atoms with E-state index in [9.17, 15) is 9.90 Å². The van der Waals surface area contributed by atoms with E-state index in [2.05, 4.69) is 42.2 Å². The van der Waals surface area contributed by atoms with Crippen molar-refractivity contribution in [3.63, 3.8) is 0 Å². The molecular weight excluding hydrogens is 298 g/mol. The molecule has 3 nitrogen and oxygen atoms in total. The second kappa shape index (κ2) is 7.45. The van der Waals surface area contributed by atoms with Gasteiger partial charge in [-0.1, -0.05) is 48.0 Å². The van der Waals surface area contributed by atoms with Crippen LogP contribution < -0.4 is 0 Å². The highest BCUT2D eigenvalue weighted by Crippen LogP contribution is 2.25. The summed E-state index contributed by atoms with van der Waals surface area (Å²) in [5.74, 6) is -0.889. The smallest absolute Gasteiger partial charge is 0.335 e. The highest BCUT2D eigenvalue weighted by molar-refractivity contribution is 5.90. The van der Waals surface area contributed by atoms with Gasteiger partial charge >= 0.3 is 5.97 Å². The molecule has 0 atom stereocenters. The molecule has 2 aromatic carbocycles. The van der Waals surface area contributed by atoms with Gasteiger partial charge in [-0.3, -0.25) is 4.90 Å². The molecule has 1 aliphatic rings. The lowest BCUT2D eigenvalue weighted by Crippen LogP contribution is -2.19. The number of nitrogens with zero attached hydrogens (tertiary/aromatic N) is 1. The van der Waals surface area contributed by atoms with Crippen molar-refractivity contribution in [3.05, 3.63) is 76.9 Å². The van der Waals surface area contributed by atoms with Gasteiger partial charge in [0.15, 0.2) is 0 Å². The lowest BCUT2D eigenvalue weighted by atomic mass is 9.95. The van der Waals surface area contributed by atoms with Crippen LogP contribution in [0.1, 0.15) is 39.9 Å². The van der Waals surface area contributed by atoms with Crippen LogP contribution in [-0.2, 0) is 0 Å². The third-order valence-corrected chi connectivity index (χ3v) is 4.54. The minimum Gasteiger partial charge on any atom is -0.478 e. The number of hydrogen-bond acceptors (Lipinski definition) is 2. The summed E-state index contributed by atoms with van der Waals surface area (Å²) >= 11 is 0. The Morgan fingerprint density at radius 2 is 1.71 bits per heavy atom. The molecule has 2 aromatic rings. The molecule has 24 heavy (non-hydrogen) atoms. The summed E-state index contributed by atoms with van der Waals surface area (Å²) in [4.78, 5) is 13.7. The molecule has 0 bridgehead atoms. The molecule has 0 spiro atoms. The predicted octanol–water partition coefficient (Wildman–Crippen LogP) is 4.22. The summed E-state index contributed by atoms with van der Waals surface area (Å²) in [5.41, 5.74) is 4.73. The normalized spacial score (nSPS) is 15.6. The second-order valence-corrected chi connectivity index (χ2v) is 6.38. The number of aromatic carboxylic acids is 1. The number of carboxylic acid groups (broad SMARTS) is 1. The lowest BCUT2D eigenvalue weighted by Gasteiger charge is -2.15. The van der Waals surface area contributed by atoms with Gasteiger partial charge in [0.25, 0.3) is 0 Å². The number of carboxylic acids is 1. The highest BCUT2D eigenvalue weighted by atomic mass is 16.4. The Morgan fingerprint density at radius 3 is 2.38 bits per heavy atom. The molecule has 0 amide bonds. The van der Waals surface area contributed by atoms with Crippen molar-refractivity contribution in [2.75, 3.05) is 19.6 Å². The Kier molecular flexibility index (Phi) is 5.11. The van der Waals surface area contributed by atoms with Crippen LogP contribution in [0.25, 0.3) is 5.57 Å². The fraction of sp³-hybridized carbons (Fsp3) is 0.286. The van der Waals surface area contributed by atoms with Crippen LogP contribution in [0.15, 0.2) is 54.6 Å². The van der Waals surface area contributed by atoms with Crippen molar-refractivity contribution in [3.8, 4) is 0 Å². The number of aryl methyl sites for hydroxylation is 1. The first-order valence-corrected chi connectivity index (χ1v) is 8.47. The largest absolute Gasteiger partial charge is 0.478 e. The Bertz CT molecular complexity index is 741. The van der Waals surface area contributed by atoms with E-state index in [0.29, 0.717) is 5.56 Å². The fourth-order valence-electron chi connectivity index (χ4n) is 3.14. The molecule has 0 aliphatic carbocycles. The number of likely N-dealkylation sites (tertiary alicyclic amines) is 1. The molecule has 0 saturated carbocycles. The van der Waals surface area contributed by atoms with Gasteiger partial charge in [-0.15, -0.1) is 0 Å². The highest BCUT2D eigenvalue weighted by Gasteiger charge is 2.12. The van der Waals surface area contributed by atoms with E-state index in [1.165, 1.54) is 18.4 Å². The standard InChI is InChI=1S/C21H23NO2/c1-16-7-9-17(10-8-16)20(11-14-22-12-2-3-13-22)18-5-4-6-19(15-18)21(23)24/h4-11,15H,2-3,12-14H2,1H3,(H,23,24)/b20-11-. The molecule has 3 heteroatoms. The second-order valence-electron chi connectivity index (χ2n) is 6.38. The Morgan fingerprint density at radius 1 is 1.04 bits per heavy atom. The van der Waals surface area contributed by atoms with Gasteiger partial charge in [-0.25, -0.2) is 4.79 Å². The third kappa shape index (κ3) is 3.92. The van der Waals surface area contributed by atoms with E-state index >= 15 is 0 Å². The van der Waals surface area contributed by atoms with E-state index in [0.717, 1.165) is 36.3 Å². The summed E-state index contributed by atoms with van der Waals surface area (Å²) < 4.78 is 0. The average molecular weight is 321 g/mol. The molecule has 0 unspecified atom stereocenters. The zero-order valence-electron chi connectivity index (χ0n) is 14.0. The minimum absolute atomic E-state index is 0.326. The van der Waals surface area contributed by atoms with Gasteiger partial charge in [0.05, 0.1) is 5.56 Å². The van der Waals surface area contributed by atoms with E-state index in [1.54, 1.807) is 12.1 Å². The van der Waals surface area contributed by atoms with Crippen LogP contribution in [0.5, 0.6) is 0 Å². The summed E-state index contributed by atoms with van der Waals surface area (Å²) in [6, 6.07) is 15.6. The summed E-state index contributed by atoms with van der Waals surface area (Å²) in [6.45, 7) is 5.27.